The average molecular weight is 466 g/mol. The zero-order valence-corrected chi connectivity index (χ0v) is 19.3. The van der Waals surface area contributed by atoms with Crippen LogP contribution in [0.25, 0.3) is 22.2 Å². The summed E-state index contributed by atoms with van der Waals surface area (Å²) in [6.07, 6.45) is 2.30. The second-order valence-electron chi connectivity index (χ2n) is 7.42. The van der Waals surface area contributed by atoms with E-state index < -0.39 is 0 Å². The molecule has 0 radical (unpaired) electrons. The van der Waals surface area contributed by atoms with E-state index in [1.54, 1.807) is 43.1 Å². The lowest BCUT2D eigenvalue weighted by Gasteiger charge is -2.15. The molecule has 4 aromatic rings. The van der Waals surface area contributed by atoms with Gasteiger partial charge < -0.3 is 20.5 Å². The van der Waals surface area contributed by atoms with Gasteiger partial charge in [-0.1, -0.05) is 23.7 Å². The number of pyridine rings is 1. The smallest absolute Gasteiger partial charge is 0.260 e. The average Bonchev–Trinajstić information content (AvgIpc) is 2.84. The van der Waals surface area contributed by atoms with E-state index in [1.807, 2.05) is 24.3 Å². The van der Waals surface area contributed by atoms with Crippen molar-refractivity contribution in [3.63, 3.8) is 0 Å². The minimum Gasteiger partial charge on any atom is -0.497 e. The van der Waals surface area contributed by atoms with Crippen LogP contribution in [0.4, 0.5) is 11.6 Å². The third-order valence-electron chi connectivity index (χ3n) is 5.41. The van der Waals surface area contributed by atoms with Gasteiger partial charge in [-0.25, -0.2) is 4.98 Å². The third-order valence-corrected chi connectivity index (χ3v) is 5.80. The molecule has 170 valence electrons. The van der Waals surface area contributed by atoms with E-state index in [9.17, 15) is 4.79 Å². The van der Waals surface area contributed by atoms with Crippen molar-refractivity contribution < 1.29 is 9.47 Å². The molecular weight excluding hydrogens is 442 g/mol. The molecule has 4 rings (SSSR count). The van der Waals surface area contributed by atoms with Crippen LogP contribution in [0.3, 0.4) is 0 Å². The summed E-state index contributed by atoms with van der Waals surface area (Å²) in [5.74, 6) is 1.37. The predicted molar refractivity (Wildman–Crippen MR) is 131 cm³/mol. The highest BCUT2D eigenvalue weighted by atomic mass is 35.5. The highest BCUT2D eigenvalue weighted by Crippen LogP contribution is 2.38. The van der Waals surface area contributed by atoms with Crippen molar-refractivity contribution in [1.29, 1.82) is 0 Å². The lowest BCUT2D eigenvalue weighted by molar-refractivity contribution is 0.395. The van der Waals surface area contributed by atoms with Gasteiger partial charge in [0, 0.05) is 48.1 Å². The summed E-state index contributed by atoms with van der Waals surface area (Å²) in [7, 11) is 4.79. The van der Waals surface area contributed by atoms with Gasteiger partial charge in [-0.2, -0.15) is 4.98 Å². The molecule has 0 aliphatic rings. The summed E-state index contributed by atoms with van der Waals surface area (Å²) in [5, 5.41) is 3.96. The summed E-state index contributed by atoms with van der Waals surface area (Å²) < 4.78 is 12.4. The number of halogens is 1. The fourth-order valence-corrected chi connectivity index (χ4v) is 3.93. The van der Waals surface area contributed by atoms with Crippen LogP contribution in [0.2, 0.25) is 5.02 Å². The Morgan fingerprint density at radius 2 is 1.85 bits per heavy atom. The van der Waals surface area contributed by atoms with Gasteiger partial charge in [0.2, 0.25) is 5.95 Å². The SMILES string of the molecule is CNc1ncc2cc(-c3cc(OC)cc(OC)c3Cl)c(=O)n(CCc3ccc(N)cc3)c2n1. The number of fused-ring (bicyclic) bond motifs is 1. The minimum absolute atomic E-state index is 0.226. The number of aryl methyl sites for hydroxylation is 2. The fourth-order valence-electron chi connectivity index (χ4n) is 3.64. The number of hydrogen-bond donors (Lipinski definition) is 2. The third kappa shape index (κ3) is 4.42. The van der Waals surface area contributed by atoms with E-state index in [0.717, 1.165) is 5.56 Å². The van der Waals surface area contributed by atoms with E-state index in [4.69, 9.17) is 26.8 Å². The van der Waals surface area contributed by atoms with Crippen LogP contribution in [0.1, 0.15) is 5.56 Å². The van der Waals surface area contributed by atoms with Crippen molar-refractivity contribution in [2.75, 3.05) is 32.3 Å². The Hall–Kier alpha value is -3.78. The quantitative estimate of drug-likeness (QED) is 0.397. The zero-order valence-electron chi connectivity index (χ0n) is 18.6. The van der Waals surface area contributed by atoms with Crippen molar-refractivity contribution in [1.82, 2.24) is 14.5 Å². The van der Waals surface area contributed by atoms with E-state index >= 15 is 0 Å². The zero-order chi connectivity index (χ0) is 23.5. The van der Waals surface area contributed by atoms with Gasteiger partial charge in [0.05, 0.1) is 19.2 Å². The molecule has 3 N–H and O–H groups in total. The van der Waals surface area contributed by atoms with Crippen molar-refractivity contribution in [2.24, 2.45) is 0 Å². The molecule has 0 saturated carbocycles. The van der Waals surface area contributed by atoms with E-state index in [2.05, 4.69) is 15.3 Å². The number of hydrogen-bond acceptors (Lipinski definition) is 7. The van der Waals surface area contributed by atoms with Gasteiger partial charge in [-0.15, -0.1) is 0 Å². The maximum atomic E-state index is 13.7. The molecular formula is C24H24ClN5O3. The number of anilines is 2. The molecule has 0 unspecified atom stereocenters. The van der Waals surface area contributed by atoms with Crippen molar-refractivity contribution >= 4 is 34.3 Å². The Bertz CT molecular complexity index is 1370. The first-order valence-electron chi connectivity index (χ1n) is 10.3. The molecule has 0 bridgehead atoms. The molecule has 2 aromatic carbocycles. The number of nitrogens with one attached hydrogen (secondary N) is 1. The van der Waals surface area contributed by atoms with Crippen LogP contribution in [-0.4, -0.2) is 35.8 Å². The molecule has 9 heteroatoms. The molecule has 0 aliphatic heterocycles. The van der Waals surface area contributed by atoms with E-state index in [1.165, 1.54) is 7.11 Å². The van der Waals surface area contributed by atoms with Crippen LogP contribution in [0.5, 0.6) is 11.5 Å². The maximum Gasteiger partial charge on any atom is 0.260 e. The minimum atomic E-state index is -0.226. The van der Waals surface area contributed by atoms with Crippen LogP contribution in [0, 0.1) is 0 Å². The molecule has 0 atom stereocenters. The lowest BCUT2D eigenvalue weighted by atomic mass is 10.0. The maximum absolute atomic E-state index is 13.7. The van der Waals surface area contributed by atoms with Crippen molar-refractivity contribution in [3.8, 4) is 22.6 Å². The van der Waals surface area contributed by atoms with Gasteiger partial charge in [0.1, 0.15) is 17.1 Å². The lowest BCUT2D eigenvalue weighted by Crippen LogP contribution is -2.24. The molecule has 33 heavy (non-hydrogen) atoms. The Kier molecular flexibility index (Phi) is 6.37. The summed E-state index contributed by atoms with van der Waals surface area (Å²) >= 11 is 6.60. The predicted octanol–water partition coefficient (Wildman–Crippen LogP) is 4.00. The molecule has 2 aromatic heterocycles. The summed E-state index contributed by atoms with van der Waals surface area (Å²) in [5.41, 5.74) is 8.77. The molecule has 0 fully saturated rings. The first kappa shape index (κ1) is 22.4. The topological polar surface area (TPSA) is 104 Å². The van der Waals surface area contributed by atoms with E-state index in [-0.39, 0.29) is 5.56 Å². The Labute approximate surface area is 196 Å². The highest BCUT2D eigenvalue weighted by molar-refractivity contribution is 6.35. The van der Waals surface area contributed by atoms with Gasteiger partial charge >= 0.3 is 0 Å². The van der Waals surface area contributed by atoms with Crippen LogP contribution >= 0.6 is 11.6 Å². The monoisotopic (exact) mass is 465 g/mol. The summed E-state index contributed by atoms with van der Waals surface area (Å²) in [6.45, 7) is 0.409. The standard InChI is InChI=1S/C24H24ClN5O3/c1-27-24-28-13-15-10-19(18-11-17(32-2)12-20(33-3)21(18)25)23(31)30(22(15)29-24)9-8-14-4-6-16(26)7-5-14/h4-7,10-13H,8-9,26H2,1-3H3,(H,27,28,29). The first-order chi connectivity index (χ1) is 15.9. The van der Waals surface area contributed by atoms with Crippen LogP contribution < -0.4 is 26.1 Å². The van der Waals surface area contributed by atoms with Gasteiger partial charge in [-0.05, 0) is 36.2 Å². The second-order valence-corrected chi connectivity index (χ2v) is 7.80. The molecule has 0 saturated heterocycles. The number of nitrogens with zero attached hydrogens (tertiary/aromatic N) is 3. The number of nitrogen functional groups attached to an aromatic ring is 1. The van der Waals surface area contributed by atoms with E-state index in [0.29, 0.717) is 63.3 Å². The van der Waals surface area contributed by atoms with Crippen LogP contribution in [-0.2, 0) is 13.0 Å². The summed E-state index contributed by atoms with van der Waals surface area (Å²) in [4.78, 5) is 22.6. The second kappa shape index (κ2) is 9.38. The first-order valence-corrected chi connectivity index (χ1v) is 10.7. The number of rotatable bonds is 7. The summed E-state index contributed by atoms with van der Waals surface area (Å²) in [6, 6.07) is 12.7. The van der Waals surface area contributed by atoms with Crippen molar-refractivity contribution in [3.05, 3.63) is 69.6 Å². The van der Waals surface area contributed by atoms with Gasteiger partial charge in [-0.3, -0.25) is 9.36 Å². The molecule has 0 amide bonds. The molecule has 2 heterocycles. The Balaban J connectivity index is 1.91. The molecule has 8 nitrogen and oxygen atoms in total. The van der Waals surface area contributed by atoms with Crippen molar-refractivity contribution in [2.45, 2.75) is 13.0 Å². The van der Waals surface area contributed by atoms with Gasteiger partial charge in [0.25, 0.3) is 5.56 Å². The number of methoxy groups -OCH3 is 2. The molecule has 0 aliphatic carbocycles. The van der Waals surface area contributed by atoms with Gasteiger partial charge in [0.15, 0.2) is 0 Å². The largest absolute Gasteiger partial charge is 0.497 e. The fraction of sp³-hybridized carbons (Fsp3) is 0.208. The Morgan fingerprint density at radius 3 is 2.52 bits per heavy atom. The number of nitrogens with two attached hydrogens (primary N) is 1. The normalized spacial score (nSPS) is 10.9. The van der Waals surface area contributed by atoms with Crippen LogP contribution in [0.15, 0.2) is 53.5 Å². The Morgan fingerprint density at radius 1 is 1.09 bits per heavy atom. The number of ether oxygens (including phenoxy) is 2. The molecule has 0 spiro atoms. The number of benzene rings is 2. The highest BCUT2D eigenvalue weighted by Gasteiger charge is 2.19. The number of aromatic nitrogens is 3.